The van der Waals surface area contributed by atoms with E-state index in [-0.39, 0.29) is 5.82 Å². The standard InChI is InChI=1S/C13H18ClFN2/c14-12-3-1-2-10(4-12)6-16-7-11-5-13(15)9-17-8-11/h5,8-10,12,16H,1-4,6-7H2. The van der Waals surface area contributed by atoms with Crippen molar-refractivity contribution in [3.05, 3.63) is 29.8 Å². The highest BCUT2D eigenvalue weighted by molar-refractivity contribution is 6.20. The summed E-state index contributed by atoms with van der Waals surface area (Å²) in [7, 11) is 0. The first-order chi connectivity index (χ1) is 8.24. The Morgan fingerprint density at radius 3 is 3.06 bits per heavy atom. The highest BCUT2D eigenvalue weighted by atomic mass is 35.5. The number of hydrogen-bond donors (Lipinski definition) is 1. The summed E-state index contributed by atoms with van der Waals surface area (Å²) in [5.74, 6) is 0.385. The van der Waals surface area contributed by atoms with Crippen LogP contribution in [0.15, 0.2) is 18.5 Å². The van der Waals surface area contributed by atoms with Gasteiger partial charge in [-0.1, -0.05) is 6.42 Å². The van der Waals surface area contributed by atoms with E-state index < -0.39 is 0 Å². The van der Waals surface area contributed by atoms with Gasteiger partial charge in [-0.2, -0.15) is 0 Å². The molecule has 2 atom stereocenters. The van der Waals surface area contributed by atoms with Gasteiger partial charge in [0.1, 0.15) is 5.82 Å². The van der Waals surface area contributed by atoms with E-state index >= 15 is 0 Å². The molecule has 1 N–H and O–H groups in total. The van der Waals surface area contributed by atoms with Crippen LogP contribution >= 0.6 is 11.6 Å². The second-order valence-electron chi connectivity index (χ2n) is 4.77. The van der Waals surface area contributed by atoms with Crippen molar-refractivity contribution in [1.82, 2.24) is 10.3 Å². The summed E-state index contributed by atoms with van der Waals surface area (Å²) in [6.45, 7) is 1.63. The minimum atomic E-state index is -0.275. The zero-order valence-corrected chi connectivity index (χ0v) is 10.6. The van der Waals surface area contributed by atoms with Gasteiger partial charge >= 0.3 is 0 Å². The van der Waals surface area contributed by atoms with E-state index in [1.54, 1.807) is 6.20 Å². The largest absolute Gasteiger partial charge is 0.312 e. The number of hydrogen-bond acceptors (Lipinski definition) is 2. The molecule has 0 aliphatic heterocycles. The van der Waals surface area contributed by atoms with E-state index in [0.29, 0.717) is 17.8 Å². The van der Waals surface area contributed by atoms with E-state index in [0.717, 1.165) is 24.9 Å². The molecule has 0 radical (unpaired) electrons. The molecule has 2 nitrogen and oxygen atoms in total. The van der Waals surface area contributed by atoms with Crippen molar-refractivity contribution >= 4 is 11.6 Å². The SMILES string of the molecule is Fc1cncc(CNCC2CCCC(Cl)C2)c1. The third-order valence-electron chi connectivity index (χ3n) is 3.24. The molecule has 2 unspecified atom stereocenters. The number of aromatic nitrogens is 1. The Hall–Kier alpha value is -0.670. The van der Waals surface area contributed by atoms with Crippen LogP contribution in [-0.4, -0.2) is 16.9 Å². The lowest BCUT2D eigenvalue weighted by molar-refractivity contribution is 0.346. The van der Waals surface area contributed by atoms with Crippen LogP contribution in [0.4, 0.5) is 4.39 Å². The van der Waals surface area contributed by atoms with Crippen molar-refractivity contribution < 1.29 is 4.39 Å². The number of nitrogens with one attached hydrogen (secondary N) is 1. The molecule has 1 saturated carbocycles. The smallest absolute Gasteiger partial charge is 0.141 e. The van der Waals surface area contributed by atoms with Gasteiger partial charge in [-0.05, 0) is 43.4 Å². The Kier molecular flexibility index (Phi) is 4.75. The predicted octanol–water partition coefficient (Wildman–Crippen LogP) is 3.11. The Morgan fingerprint density at radius 1 is 1.41 bits per heavy atom. The molecule has 94 valence electrons. The summed E-state index contributed by atoms with van der Waals surface area (Å²) >= 11 is 6.14. The van der Waals surface area contributed by atoms with Gasteiger partial charge in [-0.25, -0.2) is 4.39 Å². The lowest BCUT2D eigenvalue weighted by atomic mass is 9.89. The van der Waals surface area contributed by atoms with Crippen molar-refractivity contribution in [2.45, 2.75) is 37.6 Å². The molecular weight excluding hydrogens is 239 g/mol. The topological polar surface area (TPSA) is 24.9 Å². The molecule has 1 fully saturated rings. The van der Waals surface area contributed by atoms with Crippen LogP contribution in [0, 0.1) is 11.7 Å². The van der Waals surface area contributed by atoms with E-state index in [9.17, 15) is 4.39 Å². The fraction of sp³-hybridized carbons (Fsp3) is 0.615. The maximum Gasteiger partial charge on any atom is 0.141 e. The molecule has 0 amide bonds. The summed E-state index contributed by atoms with van der Waals surface area (Å²) in [5.41, 5.74) is 0.892. The molecule has 1 aromatic heterocycles. The molecule has 1 aliphatic rings. The summed E-state index contributed by atoms with van der Waals surface area (Å²) in [6, 6.07) is 1.52. The molecule has 1 aromatic rings. The van der Waals surface area contributed by atoms with Gasteiger partial charge < -0.3 is 5.32 Å². The van der Waals surface area contributed by atoms with E-state index in [4.69, 9.17) is 11.6 Å². The first kappa shape index (κ1) is 12.8. The minimum Gasteiger partial charge on any atom is -0.312 e. The zero-order chi connectivity index (χ0) is 12.1. The lowest BCUT2D eigenvalue weighted by Crippen LogP contribution is -2.27. The van der Waals surface area contributed by atoms with E-state index in [1.807, 2.05) is 0 Å². The van der Waals surface area contributed by atoms with Gasteiger partial charge in [-0.3, -0.25) is 4.98 Å². The minimum absolute atomic E-state index is 0.275. The van der Waals surface area contributed by atoms with E-state index in [1.165, 1.54) is 25.1 Å². The third-order valence-corrected chi connectivity index (χ3v) is 3.64. The number of pyridine rings is 1. The fourth-order valence-electron chi connectivity index (χ4n) is 2.38. The quantitative estimate of drug-likeness (QED) is 0.838. The van der Waals surface area contributed by atoms with E-state index in [2.05, 4.69) is 10.3 Å². The van der Waals surface area contributed by atoms with Crippen LogP contribution in [0.5, 0.6) is 0 Å². The molecule has 0 spiro atoms. The first-order valence-corrected chi connectivity index (χ1v) is 6.62. The van der Waals surface area contributed by atoms with Gasteiger partial charge in [0.25, 0.3) is 0 Å². The molecule has 0 aromatic carbocycles. The van der Waals surface area contributed by atoms with Gasteiger partial charge in [0, 0.05) is 18.1 Å². The summed E-state index contributed by atoms with van der Waals surface area (Å²) in [4.78, 5) is 3.83. The fourth-order valence-corrected chi connectivity index (χ4v) is 2.79. The summed E-state index contributed by atoms with van der Waals surface area (Å²) in [6.07, 6.45) is 7.63. The molecule has 4 heteroatoms. The van der Waals surface area contributed by atoms with Crippen molar-refractivity contribution in [2.24, 2.45) is 5.92 Å². The molecule has 0 saturated heterocycles. The van der Waals surface area contributed by atoms with Gasteiger partial charge in [-0.15, -0.1) is 11.6 Å². The van der Waals surface area contributed by atoms with Crippen molar-refractivity contribution in [2.75, 3.05) is 6.54 Å². The third kappa shape index (κ3) is 4.25. The normalized spacial score (nSPS) is 24.8. The van der Waals surface area contributed by atoms with Crippen LogP contribution < -0.4 is 5.32 Å². The number of rotatable bonds is 4. The second-order valence-corrected chi connectivity index (χ2v) is 5.39. The van der Waals surface area contributed by atoms with Crippen LogP contribution in [0.3, 0.4) is 0 Å². The molecule has 1 aliphatic carbocycles. The monoisotopic (exact) mass is 256 g/mol. The molecular formula is C13H18ClFN2. The van der Waals surface area contributed by atoms with Gasteiger partial charge in [0.05, 0.1) is 6.20 Å². The van der Waals surface area contributed by atoms with Crippen LogP contribution in [-0.2, 0) is 6.54 Å². The maximum atomic E-state index is 12.9. The first-order valence-electron chi connectivity index (χ1n) is 6.18. The lowest BCUT2D eigenvalue weighted by Gasteiger charge is -2.25. The number of alkyl halides is 1. The summed E-state index contributed by atoms with van der Waals surface area (Å²) in [5, 5.41) is 3.69. The Labute approximate surface area is 107 Å². The van der Waals surface area contributed by atoms with Crippen LogP contribution in [0.2, 0.25) is 0 Å². The molecule has 0 bridgehead atoms. The highest BCUT2D eigenvalue weighted by Crippen LogP contribution is 2.27. The zero-order valence-electron chi connectivity index (χ0n) is 9.83. The van der Waals surface area contributed by atoms with Crippen LogP contribution in [0.25, 0.3) is 0 Å². The number of halogens is 2. The van der Waals surface area contributed by atoms with Crippen LogP contribution in [0.1, 0.15) is 31.2 Å². The second kappa shape index (κ2) is 6.31. The van der Waals surface area contributed by atoms with Gasteiger partial charge in [0.15, 0.2) is 0 Å². The highest BCUT2D eigenvalue weighted by Gasteiger charge is 2.19. The summed E-state index contributed by atoms with van der Waals surface area (Å²) < 4.78 is 12.9. The molecule has 2 rings (SSSR count). The Bertz CT molecular complexity index is 359. The Morgan fingerprint density at radius 2 is 2.29 bits per heavy atom. The molecule has 1 heterocycles. The number of nitrogens with zero attached hydrogens (tertiary/aromatic N) is 1. The maximum absolute atomic E-state index is 12.9. The Balaban J connectivity index is 1.72. The average Bonchev–Trinajstić information content (AvgIpc) is 2.29. The average molecular weight is 257 g/mol. The van der Waals surface area contributed by atoms with Crippen molar-refractivity contribution in [3.63, 3.8) is 0 Å². The van der Waals surface area contributed by atoms with Crippen molar-refractivity contribution in [3.8, 4) is 0 Å². The predicted molar refractivity (Wildman–Crippen MR) is 67.5 cm³/mol. The van der Waals surface area contributed by atoms with Crippen molar-refractivity contribution in [1.29, 1.82) is 0 Å². The van der Waals surface area contributed by atoms with Gasteiger partial charge in [0.2, 0.25) is 0 Å². The molecule has 17 heavy (non-hydrogen) atoms.